The predicted molar refractivity (Wildman–Crippen MR) is 99.1 cm³/mol. The molecule has 1 fully saturated rings. The molecule has 0 aromatic heterocycles. The maximum atomic E-state index is 12.3. The highest BCUT2D eigenvalue weighted by atomic mass is 16.6. The van der Waals surface area contributed by atoms with Crippen LogP contribution >= 0.6 is 0 Å². The van der Waals surface area contributed by atoms with Gasteiger partial charge in [-0.2, -0.15) is 0 Å². The summed E-state index contributed by atoms with van der Waals surface area (Å²) in [4.78, 5) is 25.4. The number of benzene rings is 2. The van der Waals surface area contributed by atoms with Crippen molar-refractivity contribution in [3.8, 4) is 5.75 Å². The number of amides is 1. The quantitative estimate of drug-likeness (QED) is 0.630. The van der Waals surface area contributed by atoms with E-state index in [0.29, 0.717) is 35.8 Å². The second-order valence-corrected chi connectivity index (χ2v) is 5.88. The fourth-order valence-corrected chi connectivity index (χ4v) is 2.87. The van der Waals surface area contributed by atoms with Gasteiger partial charge in [0.25, 0.3) is 11.6 Å². The number of hydrogen-bond acceptors (Lipinski definition) is 6. The van der Waals surface area contributed by atoms with Crippen molar-refractivity contribution in [2.75, 3.05) is 43.5 Å². The highest BCUT2D eigenvalue weighted by Gasteiger charge is 2.22. The van der Waals surface area contributed by atoms with Gasteiger partial charge in [0.1, 0.15) is 11.4 Å². The maximum absolute atomic E-state index is 12.3. The smallest absolute Gasteiger partial charge is 0.294 e. The summed E-state index contributed by atoms with van der Waals surface area (Å²) in [7, 11) is 1.55. The van der Waals surface area contributed by atoms with Crippen molar-refractivity contribution >= 4 is 23.0 Å². The van der Waals surface area contributed by atoms with E-state index in [1.807, 2.05) is 4.90 Å². The number of nitro groups is 1. The second-order valence-electron chi connectivity index (χ2n) is 5.88. The Balaban J connectivity index is 1.80. The third-order valence-corrected chi connectivity index (χ3v) is 4.24. The van der Waals surface area contributed by atoms with Crippen molar-refractivity contribution in [1.29, 1.82) is 0 Å². The zero-order chi connectivity index (χ0) is 18.5. The average molecular weight is 356 g/mol. The minimum atomic E-state index is -0.416. The standard InChI is InChI=1S/C18H20N4O4/c1-26-15-5-2-13(3-6-15)18(23)20-14-4-7-16(17(12-14)22(24)25)21-10-8-19-9-11-21/h2-7,12,19H,8-11H2,1H3,(H,20,23). The van der Waals surface area contributed by atoms with Gasteiger partial charge < -0.3 is 20.3 Å². The van der Waals surface area contributed by atoms with Crippen LogP contribution in [0.3, 0.4) is 0 Å². The Labute approximate surface area is 150 Å². The first-order valence-corrected chi connectivity index (χ1v) is 8.28. The molecule has 8 heteroatoms. The molecule has 0 saturated carbocycles. The SMILES string of the molecule is COc1ccc(C(=O)Nc2ccc(N3CCNCC3)c([N+](=O)[O-])c2)cc1. The number of anilines is 2. The Bertz CT molecular complexity index is 801. The first-order chi connectivity index (χ1) is 12.6. The van der Waals surface area contributed by atoms with Crippen LogP contribution in [0.1, 0.15) is 10.4 Å². The number of nitrogens with zero attached hydrogens (tertiary/aromatic N) is 2. The predicted octanol–water partition coefficient (Wildman–Crippen LogP) is 2.27. The number of hydrogen-bond donors (Lipinski definition) is 2. The van der Waals surface area contributed by atoms with E-state index in [1.165, 1.54) is 6.07 Å². The minimum Gasteiger partial charge on any atom is -0.497 e. The molecule has 2 aromatic carbocycles. The Morgan fingerprint density at radius 3 is 2.50 bits per heavy atom. The molecule has 0 atom stereocenters. The highest BCUT2D eigenvalue weighted by molar-refractivity contribution is 6.04. The van der Waals surface area contributed by atoms with Crippen LogP contribution in [0.2, 0.25) is 0 Å². The average Bonchev–Trinajstić information content (AvgIpc) is 2.68. The van der Waals surface area contributed by atoms with Crippen molar-refractivity contribution in [3.05, 3.63) is 58.1 Å². The summed E-state index contributed by atoms with van der Waals surface area (Å²) in [5, 5.41) is 17.4. The molecule has 8 nitrogen and oxygen atoms in total. The first kappa shape index (κ1) is 17.7. The number of ether oxygens (including phenoxy) is 1. The Morgan fingerprint density at radius 1 is 1.19 bits per heavy atom. The summed E-state index contributed by atoms with van der Waals surface area (Å²) >= 11 is 0. The molecular weight excluding hydrogens is 336 g/mol. The van der Waals surface area contributed by atoms with Crippen LogP contribution in [0.15, 0.2) is 42.5 Å². The molecule has 0 unspecified atom stereocenters. The van der Waals surface area contributed by atoms with Crippen LogP contribution in [0.4, 0.5) is 17.1 Å². The van der Waals surface area contributed by atoms with Crippen LogP contribution in [-0.2, 0) is 0 Å². The number of carbonyl (C=O) groups is 1. The van der Waals surface area contributed by atoms with Gasteiger partial charge in [-0.3, -0.25) is 14.9 Å². The topological polar surface area (TPSA) is 96.7 Å². The number of rotatable bonds is 5. The molecule has 3 rings (SSSR count). The van der Waals surface area contributed by atoms with Crippen molar-refractivity contribution < 1.29 is 14.5 Å². The molecule has 1 saturated heterocycles. The molecule has 1 heterocycles. The lowest BCUT2D eigenvalue weighted by atomic mass is 10.1. The molecule has 1 amide bonds. The third-order valence-electron chi connectivity index (χ3n) is 4.24. The van der Waals surface area contributed by atoms with Gasteiger partial charge in [-0.25, -0.2) is 0 Å². The van der Waals surface area contributed by atoms with Gasteiger partial charge in [-0.05, 0) is 36.4 Å². The lowest BCUT2D eigenvalue weighted by molar-refractivity contribution is -0.384. The van der Waals surface area contributed by atoms with E-state index in [4.69, 9.17) is 4.74 Å². The van der Waals surface area contributed by atoms with Crippen molar-refractivity contribution in [3.63, 3.8) is 0 Å². The van der Waals surface area contributed by atoms with Gasteiger partial charge in [0.15, 0.2) is 0 Å². The van der Waals surface area contributed by atoms with Crippen molar-refractivity contribution in [2.45, 2.75) is 0 Å². The molecule has 1 aliphatic rings. The van der Waals surface area contributed by atoms with Crippen molar-refractivity contribution in [2.24, 2.45) is 0 Å². The number of nitro benzene ring substituents is 1. The first-order valence-electron chi connectivity index (χ1n) is 8.28. The molecule has 2 aromatic rings. The van der Waals surface area contributed by atoms with E-state index >= 15 is 0 Å². The molecule has 136 valence electrons. The molecule has 2 N–H and O–H groups in total. The number of piperazine rings is 1. The number of carbonyl (C=O) groups excluding carboxylic acids is 1. The normalized spacial score (nSPS) is 14.0. The van der Waals surface area contributed by atoms with Gasteiger partial charge in [0.2, 0.25) is 0 Å². The maximum Gasteiger partial charge on any atom is 0.294 e. The highest BCUT2D eigenvalue weighted by Crippen LogP contribution is 2.31. The number of methoxy groups -OCH3 is 1. The summed E-state index contributed by atoms with van der Waals surface area (Å²) in [6.45, 7) is 2.98. The lowest BCUT2D eigenvalue weighted by Crippen LogP contribution is -2.43. The summed E-state index contributed by atoms with van der Waals surface area (Å²) < 4.78 is 5.06. The Hall–Kier alpha value is -3.13. The molecule has 0 bridgehead atoms. The third kappa shape index (κ3) is 3.92. The van der Waals surface area contributed by atoms with Crippen LogP contribution < -0.4 is 20.3 Å². The van der Waals surface area contributed by atoms with Gasteiger partial charge in [0.05, 0.1) is 12.0 Å². The van der Waals surface area contributed by atoms with E-state index in [1.54, 1.807) is 43.5 Å². The monoisotopic (exact) mass is 356 g/mol. The molecular formula is C18H20N4O4. The molecule has 26 heavy (non-hydrogen) atoms. The minimum absolute atomic E-state index is 0.0144. The Morgan fingerprint density at radius 2 is 1.88 bits per heavy atom. The summed E-state index contributed by atoms with van der Waals surface area (Å²) in [6.07, 6.45) is 0. The van der Waals surface area contributed by atoms with Crippen molar-refractivity contribution in [1.82, 2.24) is 5.32 Å². The summed E-state index contributed by atoms with van der Waals surface area (Å²) in [6, 6.07) is 11.4. The Kier molecular flexibility index (Phi) is 5.33. The number of nitrogens with one attached hydrogen (secondary N) is 2. The zero-order valence-corrected chi connectivity index (χ0v) is 14.4. The van der Waals surface area contributed by atoms with Crippen LogP contribution in [0.25, 0.3) is 0 Å². The van der Waals surface area contributed by atoms with E-state index < -0.39 is 4.92 Å². The fraction of sp³-hybridized carbons (Fsp3) is 0.278. The lowest BCUT2D eigenvalue weighted by Gasteiger charge is -2.29. The van der Waals surface area contributed by atoms with Gasteiger partial charge >= 0.3 is 0 Å². The van der Waals surface area contributed by atoms with E-state index in [2.05, 4.69) is 10.6 Å². The van der Waals surface area contributed by atoms with E-state index in [-0.39, 0.29) is 11.6 Å². The van der Waals surface area contributed by atoms with Gasteiger partial charge in [-0.1, -0.05) is 0 Å². The molecule has 0 radical (unpaired) electrons. The molecule has 0 aliphatic carbocycles. The van der Waals surface area contributed by atoms with Crippen LogP contribution in [0, 0.1) is 10.1 Å². The second kappa shape index (κ2) is 7.83. The summed E-state index contributed by atoms with van der Waals surface area (Å²) in [5.74, 6) is 0.314. The van der Waals surface area contributed by atoms with Crippen LogP contribution in [0.5, 0.6) is 5.75 Å². The van der Waals surface area contributed by atoms with Gasteiger partial charge in [0, 0.05) is 43.5 Å². The summed E-state index contributed by atoms with van der Waals surface area (Å²) in [5.41, 5.74) is 1.38. The van der Waals surface area contributed by atoms with Crippen LogP contribution in [-0.4, -0.2) is 44.1 Å². The fourth-order valence-electron chi connectivity index (χ4n) is 2.87. The van der Waals surface area contributed by atoms with E-state index in [0.717, 1.165) is 13.1 Å². The largest absolute Gasteiger partial charge is 0.497 e. The van der Waals surface area contributed by atoms with Gasteiger partial charge in [-0.15, -0.1) is 0 Å². The molecule has 1 aliphatic heterocycles. The van der Waals surface area contributed by atoms with E-state index in [9.17, 15) is 14.9 Å². The zero-order valence-electron chi connectivity index (χ0n) is 14.4. The molecule has 0 spiro atoms.